The Hall–Kier alpha value is -2.41. The Morgan fingerprint density at radius 2 is 1.69 bits per heavy atom. The molecule has 0 radical (unpaired) electrons. The van der Waals surface area contributed by atoms with E-state index in [1.165, 1.54) is 7.11 Å². The molecule has 0 bridgehead atoms. The molecule has 1 rings (SSSR count). The van der Waals surface area contributed by atoms with Gasteiger partial charge >= 0.3 is 11.9 Å². The van der Waals surface area contributed by atoms with Crippen LogP contribution < -0.4 is 10.6 Å². The second-order valence-electron chi connectivity index (χ2n) is 8.86. The third kappa shape index (κ3) is 8.64. The summed E-state index contributed by atoms with van der Waals surface area (Å²) in [7, 11) is 1.31. The first-order valence-corrected chi connectivity index (χ1v) is 9.88. The van der Waals surface area contributed by atoms with E-state index in [-0.39, 0.29) is 23.7 Å². The van der Waals surface area contributed by atoms with Gasteiger partial charge in [0.15, 0.2) is 0 Å². The number of aliphatic carboxylic acids is 1. The molecule has 1 amide bonds. The summed E-state index contributed by atoms with van der Waals surface area (Å²) < 4.78 is 4.67. The number of carboxylic acid groups (broad SMARTS) is 1. The van der Waals surface area contributed by atoms with E-state index in [4.69, 9.17) is 5.11 Å². The van der Waals surface area contributed by atoms with Crippen molar-refractivity contribution >= 4 is 23.5 Å². The molecule has 1 aromatic rings. The maximum atomic E-state index is 12.9. The van der Waals surface area contributed by atoms with Crippen LogP contribution in [0.1, 0.15) is 57.8 Å². The summed E-state index contributed by atoms with van der Waals surface area (Å²) >= 11 is 0. The summed E-state index contributed by atoms with van der Waals surface area (Å²) in [6, 6.07) is 5.97. The third-order valence-electron chi connectivity index (χ3n) is 4.58. The molecule has 0 aliphatic rings. The Bertz CT molecular complexity index is 692. The molecule has 0 aliphatic heterocycles. The second kappa shape index (κ2) is 11.0. The van der Waals surface area contributed by atoms with Gasteiger partial charge in [0, 0.05) is 12.1 Å². The number of ether oxygens (including phenoxy) is 1. The van der Waals surface area contributed by atoms with Crippen molar-refractivity contribution in [1.29, 1.82) is 0 Å². The lowest BCUT2D eigenvalue weighted by atomic mass is 9.85. The van der Waals surface area contributed by atoms with Crippen LogP contribution in [0.15, 0.2) is 24.3 Å². The summed E-state index contributed by atoms with van der Waals surface area (Å²) in [6.45, 7) is 10.4. The van der Waals surface area contributed by atoms with Crippen LogP contribution in [0, 0.1) is 17.3 Å². The Morgan fingerprint density at radius 3 is 2.14 bits per heavy atom. The molecular weight excluding hydrogens is 372 g/mol. The highest BCUT2D eigenvalue weighted by Gasteiger charge is 2.32. The predicted octanol–water partition coefficient (Wildman–Crippen LogP) is 3.55. The maximum absolute atomic E-state index is 12.9. The van der Waals surface area contributed by atoms with Crippen molar-refractivity contribution in [2.75, 3.05) is 19.0 Å². The van der Waals surface area contributed by atoms with Gasteiger partial charge in [0.05, 0.1) is 18.7 Å². The average Bonchev–Trinajstić information content (AvgIpc) is 2.59. The first-order valence-electron chi connectivity index (χ1n) is 9.88. The van der Waals surface area contributed by atoms with Crippen molar-refractivity contribution in [3.05, 3.63) is 29.8 Å². The Balaban J connectivity index is 2.85. The smallest absolute Gasteiger partial charge is 0.337 e. The molecule has 0 saturated heterocycles. The molecule has 7 heteroatoms. The molecule has 1 aromatic carbocycles. The number of nitrogens with one attached hydrogen (secondary N) is 2. The van der Waals surface area contributed by atoms with Crippen molar-refractivity contribution < 1.29 is 24.2 Å². The summed E-state index contributed by atoms with van der Waals surface area (Å²) in [5, 5.41) is 15.3. The van der Waals surface area contributed by atoms with Crippen LogP contribution in [0.2, 0.25) is 0 Å². The van der Waals surface area contributed by atoms with Gasteiger partial charge in [-0.3, -0.25) is 9.59 Å². The largest absolute Gasteiger partial charge is 0.481 e. The number of carboxylic acids is 1. The van der Waals surface area contributed by atoms with Gasteiger partial charge in [0.2, 0.25) is 5.91 Å². The van der Waals surface area contributed by atoms with Crippen molar-refractivity contribution in [3.63, 3.8) is 0 Å². The van der Waals surface area contributed by atoms with Crippen molar-refractivity contribution in [2.24, 2.45) is 17.3 Å². The molecule has 0 aromatic heterocycles. The molecule has 0 heterocycles. The van der Waals surface area contributed by atoms with Crippen LogP contribution in [-0.4, -0.2) is 42.6 Å². The number of methoxy groups -OCH3 is 1. The molecule has 0 spiro atoms. The standard InChI is InChI=1S/C22H34N2O5/c1-14(2)11-15(12-18(25)26)13-23-19(22(3,4)5)20(27)24-17-9-7-16(8-10-17)21(28)29-6/h7-10,14-15,19,23H,11-13H2,1-6H3,(H,24,27)(H,25,26). The topological polar surface area (TPSA) is 105 Å². The number of carbonyl (C=O) groups is 3. The van der Waals surface area contributed by atoms with Crippen LogP contribution in [0.25, 0.3) is 0 Å². The number of carbonyl (C=O) groups excluding carboxylic acids is 2. The number of anilines is 1. The lowest BCUT2D eigenvalue weighted by Crippen LogP contribution is -2.50. The maximum Gasteiger partial charge on any atom is 0.337 e. The van der Waals surface area contributed by atoms with Gasteiger partial charge in [-0.25, -0.2) is 4.79 Å². The lowest BCUT2D eigenvalue weighted by Gasteiger charge is -2.32. The number of amides is 1. The van der Waals surface area contributed by atoms with Gasteiger partial charge in [0.1, 0.15) is 0 Å². The lowest BCUT2D eigenvalue weighted by molar-refractivity contribution is -0.138. The van der Waals surface area contributed by atoms with Crippen LogP contribution >= 0.6 is 0 Å². The van der Waals surface area contributed by atoms with E-state index < -0.39 is 18.0 Å². The van der Waals surface area contributed by atoms with Crippen LogP contribution in [0.4, 0.5) is 5.69 Å². The van der Waals surface area contributed by atoms with Gasteiger partial charge in [-0.15, -0.1) is 0 Å². The molecule has 2 unspecified atom stereocenters. The zero-order valence-corrected chi connectivity index (χ0v) is 18.2. The van der Waals surface area contributed by atoms with Crippen LogP contribution in [0.5, 0.6) is 0 Å². The highest BCUT2D eigenvalue weighted by Crippen LogP contribution is 2.23. The summed E-state index contributed by atoms with van der Waals surface area (Å²) in [5.74, 6) is -1.16. The van der Waals surface area contributed by atoms with Crippen molar-refractivity contribution in [2.45, 2.75) is 53.5 Å². The Kier molecular flexibility index (Phi) is 9.30. The molecule has 3 N–H and O–H groups in total. The van der Waals surface area contributed by atoms with E-state index in [0.717, 1.165) is 6.42 Å². The fourth-order valence-corrected chi connectivity index (χ4v) is 3.25. The van der Waals surface area contributed by atoms with E-state index in [0.29, 0.717) is 23.7 Å². The zero-order chi connectivity index (χ0) is 22.2. The summed E-state index contributed by atoms with van der Waals surface area (Å²) in [5.41, 5.74) is 0.603. The van der Waals surface area contributed by atoms with Crippen molar-refractivity contribution in [1.82, 2.24) is 5.32 Å². The average molecular weight is 407 g/mol. The highest BCUT2D eigenvalue weighted by atomic mass is 16.5. The van der Waals surface area contributed by atoms with Crippen molar-refractivity contribution in [3.8, 4) is 0 Å². The molecule has 0 fully saturated rings. The number of hydrogen-bond donors (Lipinski definition) is 3. The first kappa shape index (κ1) is 24.6. The van der Waals surface area contributed by atoms with Gasteiger partial charge < -0.3 is 20.5 Å². The Morgan fingerprint density at radius 1 is 1.10 bits per heavy atom. The van der Waals surface area contributed by atoms with E-state index in [9.17, 15) is 14.4 Å². The molecule has 0 aliphatic carbocycles. The Labute approximate surface area is 173 Å². The monoisotopic (exact) mass is 406 g/mol. The van der Waals surface area contributed by atoms with Gasteiger partial charge in [-0.1, -0.05) is 34.6 Å². The number of esters is 1. The van der Waals surface area contributed by atoms with Crippen LogP contribution in [-0.2, 0) is 14.3 Å². The molecule has 7 nitrogen and oxygen atoms in total. The fourth-order valence-electron chi connectivity index (χ4n) is 3.25. The normalized spacial score (nSPS) is 13.6. The van der Waals surface area contributed by atoms with E-state index in [1.807, 2.05) is 20.8 Å². The number of rotatable bonds is 10. The van der Waals surface area contributed by atoms with E-state index >= 15 is 0 Å². The molecule has 2 atom stereocenters. The van der Waals surface area contributed by atoms with Gasteiger partial charge in [0.25, 0.3) is 0 Å². The fraction of sp³-hybridized carbons (Fsp3) is 0.591. The van der Waals surface area contributed by atoms with Crippen LogP contribution in [0.3, 0.4) is 0 Å². The molecule has 162 valence electrons. The third-order valence-corrected chi connectivity index (χ3v) is 4.58. The van der Waals surface area contributed by atoms with E-state index in [2.05, 4.69) is 29.2 Å². The zero-order valence-electron chi connectivity index (χ0n) is 18.2. The molecule has 0 saturated carbocycles. The summed E-state index contributed by atoms with van der Waals surface area (Å²) in [4.78, 5) is 35.6. The van der Waals surface area contributed by atoms with Gasteiger partial charge in [-0.05, 0) is 54.5 Å². The highest BCUT2D eigenvalue weighted by molar-refractivity contribution is 5.96. The van der Waals surface area contributed by atoms with Gasteiger partial charge in [-0.2, -0.15) is 0 Å². The first-order chi connectivity index (χ1) is 13.4. The minimum atomic E-state index is -0.833. The van der Waals surface area contributed by atoms with E-state index in [1.54, 1.807) is 24.3 Å². The molecule has 29 heavy (non-hydrogen) atoms. The summed E-state index contributed by atoms with van der Waals surface area (Å²) in [6.07, 6.45) is 0.839. The predicted molar refractivity (Wildman–Crippen MR) is 113 cm³/mol. The SMILES string of the molecule is COC(=O)c1ccc(NC(=O)C(NCC(CC(=O)O)CC(C)C)C(C)(C)C)cc1. The second-order valence-corrected chi connectivity index (χ2v) is 8.86. The quantitative estimate of drug-likeness (QED) is 0.513. The minimum Gasteiger partial charge on any atom is -0.481 e. The molecular formula is C22H34N2O5. The number of benzene rings is 1. The minimum absolute atomic E-state index is 0.0514. The number of hydrogen-bond acceptors (Lipinski definition) is 5.